The van der Waals surface area contributed by atoms with Crippen molar-refractivity contribution in [1.82, 2.24) is 15.1 Å². The van der Waals surface area contributed by atoms with E-state index in [-0.39, 0.29) is 5.91 Å². The van der Waals surface area contributed by atoms with Gasteiger partial charge in [0.15, 0.2) is 0 Å². The number of benzene rings is 2. The van der Waals surface area contributed by atoms with Gasteiger partial charge >= 0.3 is 0 Å². The molecule has 0 radical (unpaired) electrons. The van der Waals surface area contributed by atoms with E-state index in [4.69, 9.17) is 5.10 Å². The maximum atomic E-state index is 12.9. The van der Waals surface area contributed by atoms with Crippen molar-refractivity contribution in [3.63, 3.8) is 0 Å². The summed E-state index contributed by atoms with van der Waals surface area (Å²) in [5.74, 6) is 0.401. The Morgan fingerprint density at radius 2 is 1.75 bits per heavy atom. The molecule has 4 heteroatoms. The van der Waals surface area contributed by atoms with Crippen molar-refractivity contribution in [2.45, 2.75) is 46.0 Å². The van der Waals surface area contributed by atoms with E-state index in [1.165, 1.54) is 5.56 Å². The maximum absolute atomic E-state index is 12.9. The largest absolute Gasteiger partial charge is 0.352 e. The highest BCUT2D eigenvalue weighted by atomic mass is 16.1. The van der Waals surface area contributed by atoms with Gasteiger partial charge in [0.05, 0.1) is 11.3 Å². The molecule has 0 spiro atoms. The highest BCUT2D eigenvalue weighted by molar-refractivity contribution is 5.99. The Bertz CT molecular complexity index is 895. The second-order valence-electron chi connectivity index (χ2n) is 7.41. The number of aromatic nitrogens is 2. The molecule has 28 heavy (non-hydrogen) atoms. The Morgan fingerprint density at radius 3 is 2.39 bits per heavy atom. The first-order valence-corrected chi connectivity index (χ1v) is 10.1. The van der Waals surface area contributed by atoms with Gasteiger partial charge in [0, 0.05) is 18.3 Å². The third kappa shape index (κ3) is 4.69. The van der Waals surface area contributed by atoms with Gasteiger partial charge in [0.1, 0.15) is 5.69 Å². The number of hydrogen-bond donors (Lipinski definition) is 1. The molecule has 4 nitrogen and oxygen atoms in total. The van der Waals surface area contributed by atoms with Crippen LogP contribution >= 0.6 is 0 Å². The van der Waals surface area contributed by atoms with Crippen LogP contribution in [0, 0.1) is 0 Å². The molecular weight excluding hydrogens is 346 g/mol. The first kappa shape index (κ1) is 19.9. The normalized spacial score (nSPS) is 11.0. The number of rotatable bonds is 8. The van der Waals surface area contributed by atoms with Gasteiger partial charge < -0.3 is 5.32 Å². The van der Waals surface area contributed by atoms with E-state index in [1.54, 1.807) is 4.68 Å². The number of amides is 1. The zero-order valence-corrected chi connectivity index (χ0v) is 17.0. The lowest BCUT2D eigenvalue weighted by Gasteiger charge is -2.07. The molecule has 1 heterocycles. The van der Waals surface area contributed by atoms with Crippen molar-refractivity contribution in [2.24, 2.45) is 0 Å². The van der Waals surface area contributed by atoms with Crippen LogP contribution in [0.15, 0.2) is 60.8 Å². The van der Waals surface area contributed by atoms with Crippen LogP contribution < -0.4 is 5.32 Å². The molecule has 0 saturated heterocycles. The molecule has 0 saturated carbocycles. The molecule has 0 aliphatic carbocycles. The summed E-state index contributed by atoms with van der Waals surface area (Å²) in [7, 11) is 0. The van der Waals surface area contributed by atoms with Gasteiger partial charge in [-0.05, 0) is 30.0 Å². The van der Waals surface area contributed by atoms with Gasteiger partial charge in [-0.3, -0.25) is 4.79 Å². The summed E-state index contributed by atoms with van der Waals surface area (Å²) in [6.07, 6.45) is 5.08. The highest BCUT2D eigenvalue weighted by Gasteiger charge is 2.18. The molecule has 0 fully saturated rings. The van der Waals surface area contributed by atoms with Crippen LogP contribution in [-0.2, 0) is 0 Å². The Kier molecular flexibility index (Phi) is 6.64. The van der Waals surface area contributed by atoms with Gasteiger partial charge in [0.25, 0.3) is 5.91 Å². The molecule has 1 N–H and O–H groups in total. The van der Waals surface area contributed by atoms with Crippen molar-refractivity contribution < 1.29 is 4.79 Å². The van der Waals surface area contributed by atoms with E-state index in [2.05, 4.69) is 50.4 Å². The molecule has 0 aliphatic rings. The predicted molar refractivity (Wildman–Crippen MR) is 115 cm³/mol. The molecule has 0 aliphatic heterocycles. The second kappa shape index (κ2) is 9.36. The molecule has 0 bridgehead atoms. The van der Waals surface area contributed by atoms with Gasteiger partial charge in [-0.15, -0.1) is 0 Å². The number of carbonyl (C=O) groups is 1. The van der Waals surface area contributed by atoms with Crippen LogP contribution in [0.3, 0.4) is 0 Å². The molecule has 1 aromatic heterocycles. The number of hydrogen-bond acceptors (Lipinski definition) is 2. The molecule has 3 aromatic rings. The van der Waals surface area contributed by atoms with Gasteiger partial charge in [0.2, 0.25) is 0 Å². The first-order valence-electron chi connectivity index (χ1n) is 10.1. The summed E-state index contributed by atoms with van der Waals surface area (Å²) in [5, 5.41) is 7.79. The molecule has 3 rings (SSSR count). The number of unbranched alkanes of at least 4 members (excludes halogenated alkanes) is 2. The fraction of sp³-hybridized carbons (Fsp3) is 0.333. The zero-order chi connectivity index (χ0) is 19.9. The fourth-order valence-electron chi connectivity index (χ4n) is 3.16. The van der Waals surface area contributed by atoms with Crippen molar-refractivity contribution >= 4 is 5.91 Å². The molecule has 146 valence electrons. The minimum absolute atomic E-state index is 0.0683. The maximum Gasteiger partial charge on any atom is 0.255 e. The summed E-state index contributed by atoms with van der Waals surface area (Å²) in [4.78, 5) is 12.9. The minimum Gasteiger partial charge on any atom is -0.352 e. The summed E-state index contributed by atoms with van der Waals surface area (Å²) >= 11 is 0. The van der Waals surface area contributed by atoms with E-state index in [0.29, 0.717) is 23.7 Å². The summed E-state index contributed by atoms with van der Waals surface area (Å²) in [6, 6.07) is 18.2. The van der Waals surface area contributed by atoms with E-state index in [9.17, 15) is 4.79 Å². The number of carbonyl (C=O) groups excluding carboxylic acids is 1. The average Bonchev–Trinajstić information content (AvgIpc) is 3.17. The standard InChI is InChI=1S/C24H29N3O/c1-4-5-9-16-25-24(28)22-17-27(21-10-7-6-8-11-21)26-23(22)20-14-12-19(13-15-20)18(2)3/h6-8,10-15,17-18H,4-5,9,16H2,1-3H3,(H,25,28). The molecule has 0 unspecified atom stereocenters. The lowest BCUT2D eigenvalue weighted by Crippen LogP contribution is -2.24. The van der Waals surface area contributed by atoms with Crippen LogP contribution in [0.25, 0.3) is 16.9 Å². The molecule has 1 amide bonds. The smallest absolute Gasteiger partial charge is 0.255 e. The van der Waals surface area contributed by atoms with E-state index >= 15 is 0 Å². The number of para-hydroxylation sites is 1. The van der Waals surface area contributed by atoms with Crippen LogP contribution in [0.2, 0.25) is 0 Å². The van der Waals surface area contributed by atoms with Crippen molar-refractivity contribution in [3.05, 3.63) is 71.9 Å². The van der Waals surface area contributed by atoms with E-state index in [1.807, 2.05) is 36.5 Å². The minimum atomic E-state index is -0.0683. The van der Waals surface area contributed by atoms with Gasteiger partial charge in [-0.2, -0.15) is 5.10 Å². The third-order valence-corrected chi connectivity index (χ3v) is 4.90. The second-order valence-corrected chi connectivity index (χ2v) is 7.41. The Hall–Kier alpha value is -2.88. The average molecular weight is 376 g/mol. The van der Waals surface area contributed by atoms with E-state index < -0.39 is 0 Å². The Balaban J connectivity index is 1.94. The summed E-state index contributed by atoms with van der Waals surface area (Å²) in [5.41, 5.74) is 4.49. The first-order chi connectivity index (χ1) is 13.6. The summed E-state index contributed by atoms with van der Waals surface area (Å²) < 4.78 is 1.78. The van der Waals surface area contributed by atoms with Crippen molar-refractivity contribution in [2.75, 3.05) is 6.54 Å². The topological polar surface area (TPSA) is 46.9 Å². The van der Waals surface area contributed by atoms with Gasteiger partial charge in [-0.1, -0.05) is 76.1 Å². The molecular formula is C24H29N3O. The quantitative estimate of drug-likeness (QED) is 0.522. The Labute approximate surface area is 167 Å². The van der Waals surface area contributed by atoms with Gasteiger partial charge in [-0.25, -0.2) is 4.68 Å². The van der Waals surface area contributed by atoms with Crippen LogP contribution in [-0.4, -0.2) is 22.2 Å². The number of nitrogens with zero attached hydrogens (tertiary/aromatic N) is 2. The lowest BCUT2D eigenvalue weighted by atomic mass is 10.00. The Morgan fingerprint density at radius 1 is 1.04 bits per heavy atom. The van der Waals surface area contributed by atoms with E-state index in [0.717, 1.165) is 30.5 Å². The fourth-order valence-corrected chi connectivity index (χ4v) is 3.16. The monoisotopic (exact) mass is 375 g/mol. The van der Waals surface area contributed by atoms with Crippen molar-refractivity contribution in [1.29, 1.82) is 0 Å². The van der Waals surface area contributed by atoms with Crippen LogP contribution in [0.1, 0.15) is 61.9 Å². The molecule has 0 atom stereocenters. The van der Waals surface area contributed by atoms with Crippen LogP contribution in [0.4, 0.5) is 0 Å². The lowest BCUT2D eigenvalue weighted by molar-refractivity contribution is 0.0953. The number of nitrogens with one attached hydrogen (secondary N) is 1. The molecule has 2 aromatic carbocycles. The summed E-state index contributed by atoms with van der Waals surface area (Å²) in [6.45, 7) is 7.20. The van der Waals surface area contributed by atoms with Crippen molar-refractivity contribution in [3.8, 4) is 16.9 Å². The predicted octanol–water partition coefficient (Wildman–Crippen LogP) is 5.58. The SMILES string of the molecule is CCCCCNC(=O)c1cn(-c2ccccc2)nc1-c1ccc(C(C)C)cc1. The zero-order valence-electron chi connectivity index (χ0n) is 17.0. The van der Waals surface area contributed by atoms with Crippen LogP contribution in [0.5, 0.6) is 0 Å². The highest BCUT2D eigenvalue weighted by Crippen LogP contribution is 2.26. The third-order valence-electron chi connectivity index (χ3n) is 4.90.